The molecule has 1 unspecified atom stereocenters. The molecule has 27 heavy (non-hydrogen) atoms. The maximum absolute atomic E-state index is 12.4. The fourth-order valence-electron chi connectivity index (χ4n) is 2.63. The zero-order valence-electron chi connectivity index (χ0n) is 15.6. The minimum Gasteiger partial charge on any atom is -0.389 e. The first-order chi connectivity index (χ1) is 13.0. The Hall–Kier alpha value is -2.58. The second-order valence-corrected chi connectivity index (χ2v) is 7.11. The van der Waals surface area contributed by atoms with Crippen molar-refractivity contribution in [1.29, 1.82) is 5.26 Å². The van der Waals surface area contributed by atoms with Crippen molar-refractivity contribution in [3.05, 3.63) is 81.5 Å². The largest absolute Gasteiger partial charge is 0.389 e. The first-order valence-electron chi connectivity index (χ1n) is 9.02. The monoisotopic (exact) mass is 425 g/mol. The van der Waals surface area contributed by atoms with E-state index in [0.29, 0.717) is 6.54 Å². The Morgan fingerprint density at radius 2 is 1.93 bits per heavy atom. The second-order valence-electron chi connectivity index (χ2n) is 6.26. The van der Waals surface area contributed by atoms with Crippen LogP contribution in [0.25, 0.3) is 0 Å². The van der Waals surface area contributed by atoms with Crippen molar-refractivity contribution in [3.63, 3.8) is 0 Å². The molecule has 2 aromatic carbocycles. The Balaban J connectivity index is 1.89. The van der Waals surface area contributed by atoms with Gasteiger partial charge >= 0.3 is 0 Å². The summed E-state index contributed by atoms with van der Waals surface area (Å²) in [6, 6.07) is 17.9. The third kappa shape index (κ3) is 6.26. The minimum atomic E-state index is -0.377. The number of carbonyl (C=O) groups is 1. The highest BCUT2D eigenvalue weighted by atomic mass is 79.9. The summed E-state index contributed by atoms with van der Waals surface area (Å²) in [6.45, 7) is 4.65. The van der Waals surface area contributed by atoms with Gasteiger partial charge in [0.1, 0.15) is 11.6 Å². The molecule has 0 aliphatic carbocycles. The van der Waals surface area contributed by atoms with Crippen LogP contribution >= 0.6 is 15.9 Å². The third-order valence-electron chi connectivity index (χ3n) is 4.34. The fraction of sp³-hybridized carbons (Fsp3) is 0.273. The average Bonchev–Trinajstić information content (AvgIpc) is 2.69. The van der Waals surface area contributed by atoms with Gasteiger partial charge in [-0.05, 0) is 42.5 Å². The molecule has 0 radical (unpaired) electrons. The Bertz CT molecular complexity index is 837. The van der Waals surface area contributed by atoms with E-state index in [4.69, 9.17) is 0 Å². The molecule has 0 fully saturated rings. The number of nitrogens with one attached hydrogen (secondary N) is 2. The molecule has 4 nitrogen and oxygen atoms in total. The zero-order chi connectivity index (χ0) is 19.6. The number of benzene rings is 2. The molecule has 2 rings (SSSR count). The third-order valence-corrected chi connectivity index (χ3v) is 5.12. The Labute approximate surface area is 169 Å². The fourth-order valence-corrected chi connectivity index (χ4v) is 3.11. The van der Waals surface area contributed by atoms with E-state index in [9.17, 15) is 10.1 Å². The number of hydrogen-bond acceptors (Lipinski definition) is 3. The zero-order valence-corrected chi connectivity index (χ0v) is 17.2. The molecule has 5 heteroatoms. The lowest BCUT2D eigenvalue weighted by atomic mass is 10.0. The molecule has 0 aliphatic rings. The smallest absolute Gasteiger partial charge is 0.263 e. The molecule has 140 valence electrons. The van der Waals surface area contributed by atoms with Gasteiger partial charge in [0.2, 0.25) is 0 Å². The van der Waals surface area contributed by atoms with Crippen molar-refractivity contribution < 1.29 is 4.79 Å². The highest BCUT2D eigenvalue weighted by molar-refractivity contribution is 9.10. The minimum absolute atomic E-state index is 0.0687. The molecule has 0 saturated heterocycles. The van der Waals surface area contributed by atoms with Crippen LogP contribution in [0.1, 0.15) is 36.6 Å². The van der Waals surface area contributed by atoms with E-state index in [1.165, 1.54) is 17.3 Å². The van der Waals surface area contributed by atoms with E-state index in [1.54, 1.807) is 0 Å². The van der Waals surface area contributed by atoms with Crippen LogP contribution in [0.2, 0.25) is 0 Å². The second kappa shape index (κ2) is 10.5. The lowest BCUT2D eigenvalue weighted by Crippen LogP contribution is -2.28. The van der Waals surface area contributed by atoms with Crippen LogP contribution in [-0.2, 0) is 17.6 Å². The Kier molecular flexibility index (Phi) is 8.09. The van der Waals surface area contributed by atoms with Gasteiger partial charge in [-0.25, -0.2) is 0 Å². The predicted octanol–water partition coefficient (Wildman–Crippen LogP) is 4.43. The molecule has 0 bridgehead atoms. The van der Waals surface area contributed by atoms with Gasteiger partial charge < -0.3 is 10.6 Å². The Morgan fingerprint density at radius 1 is 1.22 bits per heavy atom. The van der Waals surface area contributed by atoms with E-state index in [0.717, 1.165) is 22.9 Å². The van der Waals surface area contributed by atoms with Gasteiger partial charge in [0.05, 0.1) is 6.04 Å². The summed E-state index contributed by atoms with van der Waals surface area (Å²) in [7, 11) is 0. The number of hydrogen-bond donors (Lipinski definition) is 2. The quantitative estimate of drug-likeness (QED) is 0.373. The van der Waals surface area contributed by atoms with Crippen LogP contribution in [0.5, 0.6) is 0 Å². The predicted molar refractivity (Wildman–Crippen MR) is 112 cm³/mol. The number of halogens is 1. The van der Waals surface area contributed by atoms with Crippen LogP contribution in [0.4, 0.5) is 0 Å². The van der Waals surface area contributed by atoms with Gasteiger partial charge in [-0.15, -0.1) is 0 Å². The van der Waals surface area contributed by atoms with Gasteiger partial charge in [0.25, 0.3) is 5.91 Å². The normalized spacial score (nSPS) is 12.1. The number of rotatable bonds is 8. The molecule has 1 amide bonds. The molecule has 0 aromatic heterocycles. The van der Waals surface area contributed by atoms with Crippen LogP contribution in [0.3, 0.4) is 0 Å². The number of nitriles is 1. The standard InChI is InChI=1S/C22H24BrN3O/c1-3-17-8-10-18(11-9-17)16(2)26-22(27)20(14-24)15-25-13-12-19-6-4-5-7-21(19)23/h4-11,15-16,25H,3,12-13H2,1-2H3,(H,26,27)/b20-15-. The van der Waals surface area contributed by atoms with Crippen molar-refractivity contribution >= 4 is 21.8 Å². The summed E-state index contributed by atoms with van der Waals surface area (Å²) in [4.78, 5) is 12.4. The summed E-state index contributed by atoms with van der Waals surface area (Å²) in [5, 5.41) is 15.2. The number of nitrogens with zero attached hydrogens (tertiary/aromatic N) is 1. The van der Waals surface area contributed by atoms with E-state index in [-0.39, 0.29) is 17.5 Å². The van der Waals surface area contributed by atoms with Crippen molar-refractivity contribution in [2.45, 2.75) is 32.7 Å². The van der Waals surface area contributed by atoms with E-state index in [2.05, 4.69) is 45.6 Å². The van der Waals surface area contributed by atoms with Crippen LogP contribution in [0.15, 0.2) is 64.8 Å². The summed E-state index contributed by atoms with van der Waals surface area (Å²) in [6.07, 6.45) is 3.26. The van der Waals surface area contributed by atoms with E-state index >= 15 is 0 Å². The average molecular weight is 426 g/mol. The van der Waals surface area contributed by atoms with Crippen molar-refractivity contribution in [3.8, 4) is 6.07 Å². The van der Waals surface area contributed by atoms with Gasteiger partial charge in [-0.1, -0.05) is 65.3 Å². The van der Waals surface area contributed by atoms with E-state index in [1.807, 2.05) is 49.4 Å². The summed E-state index contributed by atoms with van der Waals surface area (Å²) in [5.74, 6) is -0.377. The topological polar surface area (TPSA) is 64.9 Å². The number of aryl methyl sites for hydroxylation is 1. The maximum Gasteiger partial charge on any atom is 0.263 e. The highest BCUT2D eigenvalue weighted by Crippen LogP contribution is 2.16. The molecule has 2 N–H and O–H groups in total. The molecular weight excluding hydrogens is 402 g/mol. The molecule has 0 saturated carbocycles. The maximum atomic E-state index is 12.4. The first kappa shape index (κ1) is 20.7. The SMILES string of the molecule is CCc1ccc(C(C)NC(=O)/C(C#N)=C\NCCc2ccccc2Br)cc1. The van der Waals surface area contributed by atoms with Crippen molar-refractivity contribution in [2.24, 2.45) is 0 Å². The highest BCUT2D eigenvalue weighted by Gasteiger charge is 2.13. The summed E-state index contributed by atoms with van der Waals surface area (Å²) >= 11 is 3.51. The van der Waals surface area contributed by atoms with Gasteiger partial charge in [0, 0.05) is 17.2 Å². The summed E-state index contributed by atoms with van der Waals surface area (Å²) in [5.41, 5.74) is 3.51. The van der Waals surface area contributed by atoms with Crippen LogP contribution < -0.4 is 10.6 Å². The summed E-state index contributed by atoms with van der Waals surface area (Å²) < 4.78 is 1.05. The van der Waals surface area contributed by atoms with Crippen molar-refractivity contribution in [2.75, 3.05) is 6.54 Å². The van der Waals surface area contributed by atoms with Crippen LogP contribution in [0, 0.1) is 11.3 Å². The molecular formula is C22H24BrN3O. The first-order valence-corrected chi connectivity index (χ1v) is 9.81. The van der Waals surface area contributed by atoms with Gasteiger partial charge in [-0.2, -0.15) is 5.26 Å². The lowest BCUT2D eigenvalue weighted by molar-refractivity contribution is -0.117. The Morgan fingerprint density at radius 3 is 2.56 bits per heavy atom. The lowest BCUT2D eigenvalue weighted by Gasteiger charge is -2.14. The van der Waals surface area contributed by atoms with Crippen molar-refractivity contribution in [1.82, 2.24) is 10.6 Å². The molecule has 0 heterocycles. The number of carbonyl (C=O) groups excluding carboxylic acids is 1. The van der Waals surface area contributed by atoms with E-state index < -0.39 is 0 Å². The molecule has 2 aromatic rings. The molecule has 0 spiro atoms. The van der Waals surface area contributed by atoms with Gasteiger partial charge in [0.15, 0.2) is 0 Å². The van der Waals surface area contributed by atoms with Gasteiger partial charge in [-0.3, -0.25) is 4.79 Å². The molecule has 0 aliphatic heterocycles. The van der Waals surface area contributed by atoms with Crippen LogP contribution in [-0.4, -0.2) is 12.5 Å². The molecule has 1 atom stereocenters. The number of amides is 1.